The van der Waals surface area contributed by atoms with Crippen molar-refractivity contribution in [1.82, 2.24) is 10.6 Å². The normalized spacial score (nSPS) is 12.0. The number of ether oxygens (including phenoxy) is 1. The number of rotatable bonds is 9. The number of para-hydroxylation sites is 2. The third-order valence-corrected chi connectivity index (χ3v) is 4.29. The van der Waals surface area contributed by atoms with Crippen molar-refractivity contribution in [2.24, 2.45) is 4.99 Å². The van der Waals surface area contributed by atoms with E-state index >= 15 is 0 Å². The Morgan fingerprint density at radius 3 is 2.38 bits per heavy atom. The van der Waals surface area contributed by atoms with Crippen molar-refractivity contribution in [2.75, 3.05) is 17.5 Å². The number of hydrogen-bond acceptors (Lipinski definition) is 4. The minimum atomic E-state index is -3.41. The maximum Gasteiger partial charge on any atom is 0.387 e. The first kappa shape index (κ1) is 22.4. The summed E-state index contributed by atoms with van der Waals surface area (Å²) in [6.45, 7) is 0.000610. The molecule has 158 valence electrons. The van der Waals surface area contributed by atoms with E-state index in [0.29, 0.717) is 30.3 Å². The van der Waals surface area contributed by atoms with Crippen LogP contribution in [-0.4, -0.2) is 33.8 Å². The van der Waals surface area contributed by atoms with Crippen LogP contribution in [0.5, 0.6) is 5.75 Å². The molecule has 7 nitrogen and oxygen atoms in total. The molecular formula is C19H24F2N4O3S. The minimum Gasteiger partial charge on any atom is -0.434 e. The number of aliphatic imine (C=N–C) groups is 1. The summed E-state index contributed by atoms with van der Waals surface area (Å²) in [6.07, 6.45) is 1.08. The van der Waals surface area contributed by atoms with Crippen molar-refractivity contribution in [3.8, 4) is 5.75 Å². The Bertz CT molecular complexity index is 937. The van der Waals surface area contributed by atoms with Crippen LogP contribution in [0, 0.1) is 0 Å². The summed E-state index contributed by atoms with van der Waals surface area (Å²) in [5.74, 6) is 0.526. The molecule has 0 aliphatic carbocycles. The molecular weight excluding hydrogens is 402 g/mol. The minimum absolute atomic E-state index is 0.0739. The summed E-state index contributed by atoms with van der Waals surface area (Å²) < 4.78 is 55.2. The van der Waals surface area contributed by atoms with Crippen LogP contribution < -0.4 is 20.1 Å². The van der Waals surface area contributed by atoms with Gasteiger partial charge in [0.1, 0.15) is 5.75 Å². The molecule has 0 unspecified atom stereocenters. The summed E-state index contributed by atoms with van der Waals surface area (Å²) in [5.41, 5.74) is 1.71. The molecule has 0 saturated carbocycles. The highest BCUT2D eigenvalue weighted by molar-refractivity contribution is 7.92. The van der Waals surface area contributed by atoms with Gasteiger partial charge in [-0.25, -0.2) is 13.4 Å². The zero-order chi connectivity index (χ0) is 21.3. The maximum atomic E-state index is 12.6. The number of anilines is 1. The summed E-state index contributed by atoms with van der Waals surface area (Å²) in [6, 6.07) is 13.4. The average Bonchev–Trinajstić information content (AvgIpc) is 2.64. The Kier molecular flexibility index (Phi) is 8.20. The maximum absolute atomic E-state index is 12.6. The van der Waals surface area contributed by atoms with Crippen LogP contribution in [0.3, 0.4) is 0 Å². The predicted molar refractivity (Wildman–Crippen MR) is 110 cm³/mol. The van der Waals surface area contributed by atoms with E-state index in [-0.39, 0.29) is 12.3 Å². The van der Waals surface area contributed by atoms with Gasteiger partial charge in [0.15, 0.2) is 5.96 Å². The van der Waals surface area contributed by atoms with E-state index in [1.54, 1.807) is 42.5 Å². The van der Waals surface area contributed by atoms with Crippen molar-refractivity contribution in [3.05, 3.63) is 59.7 Å². The number of hydrogen-bond donors (Lipinski definition) is 3. The van der Waals surface area contributed by atoms with E-state index in [4.69, 9.17) is 0 Å². The van der Waals surface area contributed by atoms with Gasteiger partial charge in [-0.1, -0.05) is 36.4 Å². The molecule has 2 aromatic rings. The second-order valence-corrected chi connectivity index (χ2v) is 7.81. The molecule has 0 bridgehead atoms. The van der Waals surface area contributed by atoms with Crippen LogP contribution in [-0.2, 0) is 23.1 Å². The highest BCUT2D eigenvalue weighted by Crippen LogP contribution is 2.21. The molecule has 0 fully saturated rings. The van der Waals surface area contributed by atoms with E-state index < -0.39 is 16.6 Å². The smallest absolute Gasteiger partial charge is 0.387 e. The molecule has 0 atom stereocenters. The lowest BCUT2D eigenvalue weighted by Crippen LogP contribution is -2.37. The summed E-state index contributed by atoms with van der Waals surface area (Å²) >= 11 is 0. The number of nitrogens with zero attached hydrogens (tertiary/aromatic N) is 1. The fourth-order valence-electron chi connectivity index (χ4n) is 2.50. The SMILES string of the molecule is CCNC(=NCc1ccccc1OC(F)F)NCc1ccccc1NS(C)(=O)=O. The van der Waals surface area contributed by atoms with Gasteiger partial charge in [-0.3, -0.25) is 4.72 Å². The van der Waals surface area contributed by atoms with Gasteiger partial charge in [-0.05, 0) is 24.6 Å². The highest BCUT2D eigenvalue weighted by Gasteiger charge is 2.10. The van der Waals surface area contributed by atoms with E-state index in [1.165, 1.54) is 6.07 Å². The quantitative estimate of drug-likeness (QED) is 0.424. The first-order valence-electron chi connectivity index (χ1n) is 8.89. The lowest BCUT2D eigenvalue weighted by Gasteiger charge is -2.15. The third-order valence-electron chi connectivity index (χ3n) is 3.70. The van der Waals surface area contributed by atoms with Crippen molar-refractivity contribution in [2.45, 2.75) is 26.6 Å². The van der Waals surface area contributed by atoms with Gasteiger partial charge in [-0.15, -0.1) is 0 Å². The van der Waals surface area contributed by atoms with Crippen LogP contribution in [0.1, 0.15) is 18.1 Å². The van der Waals surface area contributed by atoms with Gasteiger partial charge in [0.25, 0.3) is 0 Å². The molecule has 0 saturated heterocycles. The van der Waals surface area contributed by atoms with Crippen LogP contribution >= 0.6 is 0 Å². The lowest BCUT2D eigenvalue weighted by atomic mass is 10.2. The van der Waals surface area contributed by atoms with Gasteiger partial charge in [-0.2, -0.15) is 8.78 Å². The summed E-state index contributed by atoms with van der Waals surface area (Å²) in [4.78, 5) is 4.40. The van der Waals surface area contributed by atoms with E-state index in [1.807, 2.05) is 6.92 Å². The first-order chi connectivity index (χ1) is 13.8. The molecule has 0 aliphatic rings. The summed E-state index contributed by atoms with van der Waals surface area (Å²) in [5, 5.41) is 6.17. The first-order valence-corrected chi connectivity index (χ1v) is 10.8. The molecule has 0 amide bonds. The Morgan fingerprint density at radius 2 is 1.72 bits per heavy atom. The number of nitrogens with one attached hydrogen (secondary N) is 3. The Hall–Kier alpha value is -2.88. The largest absolute Gasteiger partial charge is 0.434 e. The molecule has 29 heavy (non-hydrogen) atoms. The number of alkyl halides is 2. The number of guanidine groups is 1. The number of sulfonamides is 1. The van der Waals surface area contributed by atoms with E-state index in [9.17, 15) is 17.2 Å². The van der Waals surface area contributed by atoms with Gasteiger partial charge in [0, 0.05) is 18.7 Å². The molecule has 10 heteroatoms. The highest BCUT2D eigenvalue weighted by atomic mass is 32.2. The molecule has 3 N–H and O–H groups in total. The van der Waals surface area contributed by atoms with Crippen molar-refractivity contribution >= 4 is 21.7 Å². The van der Waals surface area contributed by atoms with Crippen molar-refractivity contribution in [3.63, 3.8) is 0 Å². The van der Waals surface area contributed by atoms with Gasteiger partial charge < -0.3 is 15.4 Å². The molecule has 2 rings (SSSR count). The second-order valence-electron chi connectivity index (χ2n) is 6.07. The Morgan fingerprint density at radius 1 is 1.07 bits per heavy atom. The summed E-state index contributed by atoms with van der Waals surface area (Å²) in [7, 11) is -3.41. The number of benzene rings is 2. The van der Waals surface area contributed by atoms with E-state index in [0.717, 1.165) is 11.8 Å². The molecule has 0 heterocycles. The van der Waals surface area contributed by atoms with Crippen molar-refractivity contribution < 1.29 is 21.9 Å². The standard InChI is InChI=1S/C19H24F2N4O3S/c1-3-22-19(24-13-15-9-5-7-11-17(15)28-18(20)21)23-12-14-8-4-6-10-16(14)25-29(2,26)27/h4-11,18,25H,3,12-13H2,1-2H3,(H2,22,23,24). The molecule has 2 aromatic carbocycles. The van der Waals surface area contributed by atoms with Gasteiger partial charge in [0.2, 0.25) is 10.0 Å². The lowest BCUT2D eigenvalue weighted by molar-refractivity contribution is -0.0504. The zero-order valence-electron chi connectivity index (χ0n) is 16.2. The van der Waals surface area contributed by atoms with Crippen LogP contribution in [0.4, 0.5) is 14.5 Å². The Balaban J connectivity index is 2.12. The van der Waals surface area contributed by atoms with Crippen LogP contribution in [0.15, 0.2) is 53.5 Å². The fourth-order valence-corrected chi connectivity index (χ4v) is 3.10. The predicted octanol–water partition coefficient (Wildman–Crippen LogP) is 2.91. The van der Waals surface area contributed by atoms with Crippen LogP contribution in [0.2, 0.25) is 0 Å². The topological polar surface area (TPSA) is 91.8 Å². The van der Waals surface area contributed by atoms with Crippen LogP contribution in [0.25, 0.3) is 0 Å². The fraction of sp³-hybridized carbons (Fsp3) is 0.316. The molecule has 0 radical (unpaired) electrons. The number of halogens is 2. The second kappa shape index (κ2) is 10.6. The monoisotopic (exact) mass is 426 g/mol. The zero-order valence-corrected chi connectivity index (χ0v) is 17.0. The molecule has 0 aliphatic heterocycles. The molecule has 0 spiro atoms. The van der Waals surface area contributed by atoms with E-state index in [2.05, 4.69) is 25.1 Å². The van der Waals surface area contributed by atoms with Gasteiger partial charge in [0.05, 0.1) is 18.5 Å². The average molecular weight is 426 g/mol. The Labute approximate surface area is 169 Å². The van der Waals surface area contributed by atoms with Crippen molar-refractivity contribution in [1.29, 1.82) is 0 Å². The third kappa shape index (κ3) is 7.94. The van der Waals surface area contributed by atoms with Gasteiger partial charge >= 0.3 is 6.61 Å². The molecule has 0 aromatic heterocycles.